The minimum Gasteiger partial charge on any atom is -0.507 e. The number of ether oxygens (including phenoxy) is 2. The van der Waals surface area contributed by atoms with Gasteiger partial charge in [-0.15, -0.1) is 0 Å². The third-order valence-electron chi connectivity index (χ3n) is 3.49. The van der Waals surface area contributed by atoms with Gasteiger partial charge in [-0.3, -0.25) is 4.79 Å². The second kappa shape index (κ2) is 10.2. The van der Waals surface area contributed by atoms with Gasteiger partial charge in [0.15, 0.2) is 6.61 Å². The molecule has 0 aliphatic rings. The number of aromatic hydroxyl groups is 1. The van der Waals surface area contributed by atoms with Crippen molar-refractivity contribution in [1.82, 2.24) is 10.4 Å². The molecule has 1 heterocycles. The molecule has 10 heteroatoms. The summed E-state index contributed by atoms with van der Waals surface area (Å²) < 4.78 is 11.9. The lowest BCUT2D eigenvalue weighted by atomic mass is 10.1. The quantitative estimate of drug-likeness (QED) is 0.435. The summed E-state index contributed by atoms with van der Waals surface area (Å²) in [5, 5.41) is 22.9. The molecule has 1 amide bonds. The second-order valence-corrected chi connectivity index (χ2v) is 7.21. The number of carbonyl (C=O) groups is 1. The summed E-state index contributed by atoms with van der Waals surface area (Å²) in [5.41, 5.74) is 4.10. The monoisotopic (exact) mass is 510 g/mol. The molecule has 146 valence electrons. The summed E-state index contributed by atoms with van der Waals surface area (Å²) in [4.78, 5) is 16.2. The van der Waals surface area contributed by atoms with Gasteiger partial charge in [-0.1, -0.05) is 15.9 Å². The lowest BCUT2D eigenvalue weighted by Crippen LogP contribution is -2.25. The number of pyridine rings is 1. The maximum Gasteiger partial charge on any atom is 0.278 e. The van der Waals surface area contributed by atoms with Crippen molar-refractivity contribution in [1.29, 1.82) is 5.26 Å². The van der Waals surface area contributed by atoms with Crippen LogP contribution >= 0.6 is 31.9 Å². The van der Waals surface area contributed by atoms with Gasteiger partial charge >= 0.3 is 0 Å². The lowest BCUT2D eigenvalue weighted by Gasteiger charge is -2.13. The van der Waals surface area contributed by atoms with E-state index >= 15 is 0 Å². The number of aromatic nitrogens is 1. The number of amides is 1. The number of methoxy groups -OCH3 is 1. The summed E-state index contributed by atoms with van der Waals surface area (Å²) in [7, 11) is 1.51. The van der Waals surface area contributed by atoms with Gasteiger partial charge in [0.05, 0.1) is 18.5 Å². The molecule has 0 aliphatic heterocycles. The van der Waals surface area contributed by atoms with Crippen LogP contribution in [0.25, 0.3) is 0 Å². The van der Waals surface area contributed by atoms with Crippen LogP contribution in [0.4, 0.5) is 0 Å². The Balaban J connectivity index is 2.06. The van der Waals surface area contributed by atoms with E-state index in [1.807, 2.05) is 6.07 Å². The molecule has 1 aromatic carbocycles. The van der Waals surface area contributed by atoms with Crippen molar-refractivity contribution in [3.63, 3.8) is 0 Å². The van der Waals surface area contributed by atoms with Gasteiger partial charge in [0.25, 0.3) is 5.91 Å². The fourth-order valence-corrected chi connectivity index (χ4v) is 2.96. The van der Waals surface area contributed by atoms with Crippen molar-refractivity contribution in [3.05, 3.63) is 49.5 Å². The molecule has 28 heavy (non-hydrogen) atoms. The van der Waals surface area contributed by atoms with Gasteiger partial charge in [0, 0.05) is 27.2 Å². The Kier molecular flexibility index (Phi) is 7.92. The molecular formula is C18H16Br2N4O4. The normalized spacial score (nSPS) is 10.7. The zero-order valence-corrected chi connectivity index (χ0v) is 18.2. The van der Waals surface area contributed by atoms with Gasteiger partial charge in [-0.05, 0) is 41.1 Å². The first-order chi connectivity index (χ1) is 13.4. The van der Waals surface area contributed by atoms with Crippen LogP contribution < -0.4 is 10.2 Å². The highest BCUT2D eigenvalue weighted by Crippen LogP contribution is 2.29. The number of halogens is 2. The molecular weight excluding hydrogens is 496 g/mol. The average molecular weight is 512 g/mol. The van der Waals surface area contributed by atoms with E-state index in [-0.39, 0.29) is 23.8 Å². The number of hydrogen-bond donors (Lipinski definition) is 2. The standard InChI is InChI=1S/C18H16Br2N4O4/c1-10-17(20)14(8-27-2)13(6-21)18(23-10)28-9-16(26)24-22-7-11-5-12(19)3-4-15(11)25/h3-5,7,25H,8-9H2,1-2H3,(H,24,26)/b22-7-. The molecule has 2 rings (SSSR count). The fraction of sp³-hybridized carbons (Fsp3) is 0.222. The Bertz CT molecular complexity index is 958. The van der Waals surface area contributed by atoms with Crippen LogP contribution in [-0.2, 0) is 16.1 Å². The van der Waals surface area contributed by atoms with E-state index in [0.29, 0.717) is 21.3 Å². The number of benzene rings is 1. The average Bonchev–Trinajstić information content (AvgIpc) is 2.66. The predicted octanol–water partition coefficient (Wildman–Crippen LogP) is 3.17. The molecule has 0 fully saturated rings. The van der Waals surface area contributed by atoms with Crippen LogP contribution in [0.15, 0.2) is 32.2 Å². The second-order valence-electron chi connectivity index (χ2n) is 5.50. The van der Waals surface area contributed by atoms with Gasteiger partial charge in [0.1, 0.15) is 17.4 Å². The summed E-state index contributed by atoms with van der Waals surface area (Å²) >= 11 is 6.67. The number of phenols is 1. The van der Waals surface area contributed by atoms with E-state index in [1.165, 1.54) is 19.4 Å². The van der Waals surface area contributed by atoms with Crippen LogP contribution in [-0.4, -0.2) is 35.9 Å². The van der Waals surface area contributed by atoms with Crippen LogP contribution in [0.3, 0.4) is 0 Å². The molecule has 0 bridgehead atoms. The molecule has 0 aliphatic carbocycles. The van der Waals surface area contributed by atoms with Crippen LogP contribution in [0.2, 0.25) is 0 Å². The van der Waals surface area contributed by atoms with E-state index in [1.54, 1.807) is 19.1 Å². The Labute approximate surface area is 178 Å². The molecule has 0 atom stereocenters. The first-order valence-corrected chi connectivity index (χ1v) is 9.47. The summed E-state index contributed by atoms with van der Waals surface area (Å²) in [6.45, 7) is 1.54. The van der Waals surface area contributed by atoms with Crippen molar-refractivity contribution in [2.45, 2.75) is 13.5 Å². The SMILES string of the molecule is COCc1c(Br)c(C)nc(OCC(=O)N/N=C\c2cc(Br)ccc2O)c1C#N. The van der Waals surface area contributed by atoms with Crippen molar-refractivity contribution >= 4 is 44.0 Å². The lowest BCUT2D eigenvalue weighted by molar-refractivity contribution is -0.123. The maximum absolute atomic E-state index is 12.0. The predicted molar refractivity (Wildman–Crippen MR) is 109 cm³/mol. The number of phenolic OH excluding ortho intramolecular Hbond substituents is 1. The van der Waals surface area contributed by atoms with Crippen LogP contribution in [0.5, 0.6) is 11.6 Å². The number of rotatable bonds is 7. The van der Waals surface area contributed by atoms with Gasteiger partial charge in [-0.2, -0.15) is 10.4 Å². The molecule has 0 saturated carbocycles. The Hall–Kier alpha value is -2.48. The summed E-state index contributed by atoms with van der Waals surface area (Å²) in [6, 6.07) is 6.85. The number of aryl methyl sites for hydroxylation is 1. The third kappa shape index (κ3) is 5.51. The highest BCUT2D eigenvalue weighted by molar-refractivity contribution is 9.10. The van der Waals surface area contributed by atoms with Crippen molar-refractivity contribution in [2.24, 2.45) is 5.10 Å². The molecule has 8 nitrogen and oxygen atoms in total. The van der Waals surface area contributed by atoms with E-state index in [9.17, 15) is 15.2 Å². The maximum atomic E-state index is 12.0. The third-order valence-corrected chi connectivity index (χ3v) is 5.04. The fourth-order valence-electron chi connectivity index (χ4n) is 2.18. The molecule has 0 unspecified atom stereocenters. The molecule has 0 radical (unpaired) electrons. The van der Waals surface area contributed by atoms with Crippen molar-refractivity contribution in [3.8, 4) is 17.7 Å². The minimum atomic E-state index is -0.551. The number of nitriles is 1. The number of hydrogen-bond acceptors (Lipinski definition) is 7. The number of hydrazone groups is 1. The van der Waals surface area contributed by atoms with Crippen molar-refractivity contribution in [2.75, 3.05) is 13.7 Å². The molecule has 1 aromatic heterocycles. The smallest absolute Gasteiger partial charge is 0.278 e. The molecule has 0 spiro atoms. The zero-order chi connectivity index (χ0) is 20.7. The zero-order valence-electron chi connectivity index (χ0n) is 15.0. The molecule has 2 aromatic rings. The minimum absolute atomic E-state index is 0.0244. The van der Waals surface area contributed by atoms with E-state index < -0.39 is 12.5 Å². The number of nitrogens with zero attached hydrogens (tertiary/aromatic N) is 3. The van der Waals surface area contributed by atoms with Gasteiger partial charge in [0.2, 0.25) is 5.88 Å². The van der Waals surface area contributed by atoms with Crippen molar-refractivity contribution < 1.29 is 19.4 Å². The van der Waals surface area contributed by atoms with Crippen LogP contribution in [0, 0.1) is 18.3 Å². The first kappa shape index (κ1) is 21.8. The number of nitrogens with one attached hydrogen (secondary N) is 1. The highest BCUT2D eigenvalue weighted by atomic mass is 79.9. The first-order valence-electron chi connectivity index (χ1n) is 7.88. The highest BCUT2D eigenvalue weighted by Gasteiger charge is 2.18. The van der Waals surface area contributed by atoms with E-state index in [4.69, 9.17) is 9.47 Å². The Morgan fingerprint density at radius 3 is 2.89 bits per heavy atom. The van der Waals surface area contributed by atoms with Gasteiger partial charge in [-0.25, -0.2) is 10.4 Å². The molecule has 0 saturated heterocycles. The summed E-state index contributed by atoms with van der Waals surface area (Å²) in [5.74, 6) is -0.486. The molecule has 2 N–H and O–H groups in total. The van der Waals surface area contributed by atoms with E-state index in [0.717, 1.165) is 4.47 Å². The number of carbonyl (C=O) groups excluding carboxylic acids is 1. The van der Waals surface area contributed by atoms with E-state index in [2.05, 4.69) is 47.4 Å². The topological polar surface area (TPSA) is 117 Å². The van der Waals surface area contributed by atoms with Crippen LogP contribution in [0.1, 0.15) is 22.4 Å². The Morgan fingerprint density at radius 2 is 2.21 bits per heavy atom. The summed E-state index contributed by atoms with van der Waals surface area (Å²) in [6.07, 6.45) is 1.30. The largest absolute Gasteiger partial charge is 0.507 e. The van der Waals surface area contributed by atoms with Gasteiger partial charge < -0.3 is 14.6 Å². The Morgan fingerprint density at radius 1 is 1.46 bits per heavy atom.